The average Bonchev–Trinajstić information content (AvgIpc) is 2.97. The van der Waals surface area contributed by atoms with Crippen molar-refractivity contribution in [2.45, 2.75) is 39.7 Å². The number of aromatic nitrogens is 2. The van der Waals surface area contributed by atoms with Gasteiger partial charge in [0.25, 0.3) is 0 Å². The number of carbonyl (C=O) groups excluding carboxylic acids is 1. The third-order valence-electron chi connectivity index (χ3n) is 5.22. The van der Waals surface area contributed by atoms with Crippen LogP contribution in [0.5, 0.6) is 0 Å². The van der Waals surface area contributed by atoms with Gasteiger partial charge in [0.2, 0.25) is 5.91 Å². The highest BCUT2D eigenvalue weighted by Gasteiger charge is 2.27. The molecule has 1 amide bonds. The summed E-state index contributed by atoms with van der Waals surface area (Å²) in [4.78, 5) is 17.4. The molecule has 0 spiro atoms. The number of hydrogen-bond donors (Lipinski definition) is 1. The number of nitrogens with zero attached hydrogens (tertiary/aromatic N) is 2. The second-order valence-corrected chi connectivity index (χ2v) is 7.02. The van der Waals surface area contributed by atoms with Crippen molar-refractivity contribution in [1.82, 2.24) is 14.7 Å². The van der Waals surface area contributed by atoms with E-state index >= 15 is 0 Å². The molecule has 4 heteroatoms. The topological polar surface area (TPSA) is 46.4 Å². The molecule has 1 aliphatic rings. The maximum absolute atomic E-state index is 12.7. The van der Waals surface area contributed by atoms with Gasteiger partial charge in [-0.3, -0.25) is 4.79 Å². The van der Waals surface area contributed by atoms with Crippen LogP contribution in [0.1, 0.15) is 34.5 Å². The summed E-state index contributed by atoms with van der Waals surface area (Å²) >= 11 is 0. The number of carbonyl (C=O) groups is 1. The molecule has 1 aliphatic carbocycles. The van der Waals surface area contributed by atoms with Crippen LogP contribution < -0.4 is 5.32 Å². The molecule has 3 aromatic rings. The standard InChI is InChI=1S/C21H23N3O/c1-14-9-10-24-19-12-16(7-8-18(19)23-20(24)11-14)21(25)22-13-17-6-4-3-5-15(17)2/h3-6,9-11,16H,7-8,12-13H2,1-2H3,(H,22,25). The van der Waals surface area contributed by atoms with Crippen LogP contribution in [-0.4, -0.2) is 15.3 Å². The van der Waals surface area contributed by atoms with E-state index in [-0.39, 0.29) is 11.8 Å². The monoisotopic (exact) mass is 333 g/mol. The van der Waals surface area contributed by atoms with Crippen LogP contribution in [0.4, 0.5) is 0 Å². The summed E-state index contributed by atoms with van der Waals surface area (Å²) in [5, 5.41) is 3.12. The van der Waals surface area contributed by atoms with Crippen molar-refractivity contribution in [3.05, 3.63) is 70.7 Å². The molecule has 1 N–H and O–H groups in total. The van der Waals surface area contributed by atoms with Gasteiger partial charge >= 0.3 is 0 Å². The van der Waals surface area contributed by atoms with Crippen LogP contribution in [0.15, 0.2) is 42.6 Å². The highest BCUT2D eigenvalue weighted by atomic mass is 16.1. The van der Waals surface area contributed by atoms with Crippen LogP contribution >= 0.6 is 0 Å². The molecule has 0 bridgehead atoms. The molecular weight excluding hydrogens is 310 g/mol. The van der Waals surface area contributed by atoms with E-state index in [1.54, 1.807) is 0 Å². The lowest BCUT2D eigenvalue weighted by atomic mass is 9.89. The summed E-state index contributed by atoms with van der Waals surface area (Å²) in [5.74, 6) is 0.175. The summed E-state index contributed by atoms with van der Waals surface area (Å²) < 4.78 is 2.14. The third kappa shape index (κ3) is 3.04. The fourth-order valence-corrected chi connectivity index (χ4v) is 3.67. The molecule has 2 aromatic heterocycles. The van der Waals surface area contributed by atoms with Gasteiger partial charge in [-0.15, -0.1) is 0 Å². The number of nitrogens with one attached hydrogen (secondary N) is 1. The van der Waals surface area contributed by atoms with Crippen LogP contribution in [0.2, 0.25) is 0 Å². The molecule has 25 heavy (non-hydrogen) atoms. The maximum atomic E-state index is 12.7. The van der Waals surface area contributed by atoms with Crippen molar-refractivity contribution in [3.8, 4) is 0 Å². The molecule has 0 fully saturated rings. The summed E-state index contributed by atoms with van der Waals surface area (Å²) in [6.07, 6.45) is 4.58. The minimum atomic E-state index is 0.0257. The second kappa shape index (κ2) is 6.36. The van der Waals surface area contributed by atoms with E-state index in [1.807, 2.05) is 12.1 Å². The Labute approximate surface area is 147 Å². The molecular formula is C21H23N3O. The van der Waals surface area contributed by atoms with Crippen LogP contribution in [-0.2, 0) is 24.2 Å². The Morgan fingerprint density at radius 3 is 2.96 bits per heavy atom. The highest BCUT2D eigenvalue weighted by Crippen LogP contribution is 2.27. The third-order valence-corrected chi connectivity index (χ3v) is 5.22. The normalized spacial score (nSPS) is 16.6. The average molecular weight is 333 g/mol. The Morgan fingerprint density at radius 1 is 1.28 bits per heavy atom. The number of aryl methyl sites for hydroxylation is 3. The first kappa shape index (κ1) is 15.9. The Kier molecular flexibility index (Phi) is 4.04. The van der Waals surface area contributed by atoms with Gasteiger partial charge in [0.15, 0.2) is 0 Å². The molecule has 2 heterocycles. The summed E-state index contributed by atoms with van der Waals surface area (Å²) in [6, 6.07) is 12.4. The highest BCUT2D eigenvalue weighted by molar-refractivity contribution is 5.79. The van der Waals surface area contributed by atoms with Gasteiger partial charge in [-0.2, -0.15) is 0 Å². The SMILES string of the molecule is Cc1ccn2c3c(nc2c1)CCC(C(=O)NCc1ccccc1C)C3. The zero-order valence-electron chi connectivity index (χ0n) is 14.7. The number of fused-ring (bicyclic) bond motifs is 3. The minimum absolute atomic E-state index is 0.0257. The number of benzene rings is 1. The number of pyridine rings is 1. The van der Waals surface area contributed by atoms with E-state index in [2.05, 4.69) is 54.0 Å². The van der Waals surface area contributed by atoms with E-state index in [0.717, 1.165) is 30.6 Å². The number of imidazole rings is 1. The van der Waals surface area contributed by atoms with E-state index in [4.69, 9.17) is 4.98 Å². The van der Waals surface area contributed by atoms with Crippen LogP contribution in [0.3, 0.4) is 0 Å². The lowest BCUT2D eigenvalue weighted by Crippen LogP contribution is -2.34. The molecule has 128 valence electrons. The van der Waals surface area contributed by atoms with Crippen molar-refractivity contribution in [1.29, 1.82) is 0 Å². The zero-order valence-corrected chi connectivity index (χ0v) is 14.7. The smallest absolute Gasteiger partial charge is 0.223 e. The summed E-state index contributed by atoms with van der Waals surface area (Å²) in [6.45, 7) is 4.76. The largest absolute Gasteiger partial charge is 0.352 e. The minimum Gasteiger partial charge on any atom is -0.352 e. The molecule has 4 nitrogen and oxygen atoms in total. The van der Waals surface area contributed by atoms with Gasteiger partial charge in [0.1, 0.15) is 5.65 Å². The molecule has 1 aromatic carbocycles. The molecule has 1 unspecified atom stereocenters. The van der Waals surface area contributed by atoms with Gasteiger partial charge in [-0.05, 0) is 55.5 Å². The second-order valence-electron chi connectivity index (χ2n) is 7.02. The van der Waals surface area contributed by atoms with Crippen LogP contribution in [0, 0.1) is 19.8 Å². The van der Waals surface area contributed by atoms with E-state index in [9.17, 15) is 4.79 Å². The summed E-state index contributed by atoms with van der Waals surface area (Å²) in [7, 11) is 0. The van der Waals surface area contributed by atoms with Gasteiger partial charge in [0.05, 0.1) is 5.69 Å². The van der Waals surface area contributed by atoms with Crippen molar-refractivity contribution >= 4 is 11.6 Å². The quantitative estimate of drug-likeness (QED) is 0.799. The number of hydrogen-bond acceptors (Lipinski definition) is 2. The Morgan fingerprint density at radius 2 is 2.12 bits per heavy atom. The number of amides is 1. The lowest BCUT2D eigenvalue weighted by Gasteiger charge is -2.21. The van der Waals surface area contributed by atoms with Crippen molar-refractivity contribution in [2.24, 2.45) is 5.92 Å². The fraction of sp³-hybridized carbons (Fsp3) is 0.333. The molecule has 0 saturated carbocycles. The van der Waals surface area contributed by atoms with Gasteiger partial charge < -0.3 is 9.72 Å². The van der Waals surface area contributed by atoms with Crippen molar-refractivity contribution in [3.63, 3.8) is 0 Å². The predicted octanol–water partition coefficient (Wildman–Crippen LogP) is 3.37. The number of rotatable bonds is 3. The molecule has 0 aliphatic heterocycles. The summed E-state index contributed by atoms with van der Waals surface area (Å²) in [5.41, 5.74) is 6.93. The molecule has 0 radical (unpaired) electrons. The van der Waals surface area contributed by atoms with Gasteiger partial charge in [0, 0.05) is 30.8 Å². The molecule has 1 atom stereocenters. The Bertz CT molecular complexity index is 941. The Hall–Kier alpha value is -2.62. The first-order valence-corrected chi connectivity index (χ1v) is 8.90. The fourth-order valence-electron chi connectivity index (χ4n) is 3.67. The molecule has 0 saturated heterocycles. The zero-order chi connectivity index (χ0) is 17.4. The van der Waals surface area contributed by atoms with Gasteiger partial charge in [-0.25, -0.2) is 4.98 Å². The Balaban J connectivity index is 1.49. The lowest BCUT2D eigenvalue weighted by molar-refractivity contribution is -0.125. The maximum Gasteiger partial charge on any atom is 0.223 e. The van der Waals surface area contributed by atoms with E-state index < -0.39 is 0 Å². The molecule has 4 rings (SSSR count). The van der Waals surface area contributed by atoms with Crippen molar-refractivity contribution in [2.75, 3.05) is 0 Å². The first-order chi connectivity index (χ1) is 12.1. The van der Waals surface area contributed by atoms with E-state index in [0.29, 0.717) is 6.54 Å². The van der Waals surface area contributed by atoms with Crippen LogP contribution in [0.25, 0.3) is 5.65 Å². The van der Waals surface area contributed by atoms with Gasteiger partial charge in [-0.1, -0.05) is 24.3 Å². The van der Waals surface area contributed by atoms with E-state index in [1.165, 1.54) is 22.4 Å². The van der Waals surface area contributed by atoms with Crippen molar-refractivity contribution < 1.29 is 4.79 Å². The first-order valence-electron chi connectivity index (χ1n) is 8.90. The predicted molar refractivity (Wildman–Crippen MR) is 98.5 cm³/mol.